The number of ether oxygens (including phenoxy) is 1. The molecule has 2 aromatic carbocycles. The summed E-state index contributed by atoms with van der Waals surface area (Å²) in [5, 5.41) is 14.7. The number of benzene rings is 2. The summed E-state index contributed by atoms with van der Waals surface area (Å²) < 4.78 is 8.92. The van der Waals surface area contributed by atoms with E-state index < -0.39 is 0 Å². The monoisotopic (exact) mass is 492 g/mol. The lowest BCUT2D eigenvalue weighted by Crippen LogP contribution is -2.18. The molecule has 35 heavy (non-hydrogen) atoms. The first-order valence-corrected chi connectivity index (χ1v) is 11.4. The Morgan fingerprint density at radius 1 is 1.00 bits per heavy atom. The van der Waals surface area contributed by atoms with Crippen LogP contribution in [0.5, 0.6) is 5.75 Å². The molecule has 4 rings (SSSR count). The fourth-order valence-corrected chi connectivity index (χ4v) is 3.64. The van der Waals surface area contributed by atoms with Gasteiger partial charge in [0.05, 0.1) is 0 Å². The first-order valence-electron chi connectivity index (χ1n) is 11.0. The standard InChI is InChI=1S/C25H25ClN6O3/c1-4-32-22(8-10-27-32)25(34)29-19-7-5-6-18(14-19)28-24(33)21-9-11-31(30-21)15-35-20-12-16(2)23(26)17(3)13-20/h5-14H,4,15H2,1-3H3,(H,28,33)(H,29,34). The van der Waals surface area contributed by atoms with Gasteiger partial charge in [-0.2, -0.15) is 10.2 Å². The molecule has 0 spiro atoms. The number of nitrogens with one attached hydrogen (secondary N) is 2. The Morgan fingerprint density at radius 3 is 2.37 bits per heavy atom. The van der Waals surface area contributed by atoms with Gasteiger partial charge in [-0.25, -0.2) is 4.68 Å². The number of halogens is 1. The zero-order valence-corrected chi connectivity index (χ0v) is 20.3. The number of rotatable bonds is 8. The lowest BCUT2D eigenvalue weighted by atomic mass is 10.1. The lowest BCUT2D eigenvalue weighted by molar-refractivity contribution is 0.101. The third-order valence-corrected chi connectivity index (χ3v) is 5.87. The summed E-state index contributed by atoms with van der Waals surface area (Å²) in [5.41, 5.74) is 3.61. The Bertz CT molecular complexity index is 1350. The van der Waals surface area contributed by atoms with E-state index in [-0.39, 0.29) is 24.2 Å². The van der Waals surface area contributed by atoms with Gasteiger partial charge in [0.15, 0.2) is 12.4 Å². The number of anilines is 2. The van der Waals surface area contributed by atoms with Crippen LogP contribution in [0.25, 0.3) is 0 Å². The van der Waals surface area contributed by atoms with Crippen molar-refractivity contribution in [3.63, 3.8) is 0 Å². The highest BCUT2D eigenvalue weighted by molar-refractivity contribution is 6.32. The predicted molar refractivity (Wildman–Crippen MR) is 134 cm³/mol. The van der Waals surface area contributed by atoms with Gasteiger partial charge in [-0.15, -0.1) is 0 Å². The molecule has 2 N–H and O–H groups in total. The van der Waals surface area contributed by atoms with Crippen molar-refractivity contribution in [3.8, 4) is 5.75 Å². The van der Waals surface area contributed by atoms with Gasteiger partial charge in [0.25, 0.3) is 11.8 Å². The Labute approximate surface area is 207 Å². The van der Waals surface area contributed by atoms with Crippen molar-refractivity contribution in [1.82, 2.24) is 19.6 Å². The van der Waals surface area contributed by atoms with Gasteiger partial charge in [0.1, 0.15) is 11.4 Å². The maximum absolute atomic E-state index is 12.7. The largest absolute Gasteiger partial charge is 0.471 e. The van der Waals surface area contributed by atoms with E-state index in [1.54, 1.807) is 53.5 Å². The molecular weight excluding hydrogens is 468 g/mol. The number of hydrogen-bond donors (Lipinski definition) is 2. The van der Waals surface area contributed by atoms with Crippen molar-refractivity contribution in [3.05, 3.63) is 88.5 Å². The summed E-state index contributed by atoms with van der Waals surface area (Å²) in [6.45, 7) is 6.47. The van der Waals surface area contributed by atoms with Crippen molar-refractivity contribution in [2.75, 3.05) is 10.6 Å². The number of carbonyl (C=O) groups is 2. The summed E-state index contributed by atoms with van der Waals surface area (Å²) in [5.74, 6) is 0.0128. The molecule has 0 saturated heterocycles. The minimum Gasteiger partial charge on any atom is -0.471 e. The van der Waals surface area contributed by atoms with Gasteiger partial charge in [0.2, 0.25) is 0 Å². The quantitative estimate of drug-likeness (QED) is 0.363. The first-order chi connectivity index (χ1) is 16.8. The van der Waals surface area contributed by atoms with Gasteiger partial charge in [-0.1, -0.05) is 17.7 Å². The predicted octanol–water partition coefficient (Wildman–Crippen LogP) is 4.91. The molecule has 0 saturated carbocycles. The van der Waals surface area contributed by atoms with Crippen LogP contribution in [0.15, 0.2) is 60.9 Å². The van der Waals surface area contributed by atoms with Gasteiger partial charge in [-0.3, -0.25) is 14.3 Å². The van der Waals surface area contributed by atoms with Crippen molar-refractivity contribution in [2.45, 2.75) is 34.0 Å². The van der Waals surface area contributed by atoms with Gasteiger partial charge >= 0.3 is 0 Å². The molecule has 0 aliphatic rings. The van der Waals surface area contributed by atoms with Crippen LogP contribution in [0.3, 0.4) is 0 Å². The molecule has 10 heteroatoms. The molecule has 0 fully saturated rings. The number of nitrogens with zero attached hydrogens (tertiary/aromatic N) is 4. The molecule has 0 atom stereocenters. The molecule has 180 valence electrons. The van der Waals surface area contributed by atoms with E-state index in [2.05, 4.69) is 20.8 Å². The first kappa shape index (κ1) is 24.0. The molecule has 0 aliphatic heterocycles. The van der Waals surface area contributed by atoms with Gasteiger partial charge in [-0.05, 0) is 74.4 Å². The van der Waals surface area contributed by atoms with E-state index in [1.165, 1.54) is 4.68 Å². The lowest BCUT2D eigenvalue weighted by Gasteiger charge is -2.10. The van der Waals surface area contributed by atoms with Crippen molar-refractivity contribution in [1.29, 1.82) is 0 Å². The van der Waals surface area contributed by atoms with E-state index in [0.29, 0.717) is 34.4 Å². The van der Waals surface area contributed by atoms with Crippen LogP contribution in [-0.4, -0.2) is 31.4 Å². The second-order valence-corrected chi connectivity index (χ2v) is 8.28. The second kappa shape index (κ2) is 10.4. The maximum atomic E-state index is 12.7. The van der Waals surface area contributed by atoms with Crippen LogP contribution in [-0.2, 0) is 13.3 Å². The van der Waals surface area contributed by atoms with E-state index in [0.717, 1.165) is 11.1 Å². The summed E-state index contributed by atoms with van der Waals surface area (Å²) >= 11 is 6.20. The number of amides is 2. The van der Waals surface area contributed by atoms with E-state index in [9.17, 15) is 9.59 Å². The number of carbonyl (C=O) groups excluding carboxylic acids is 2. The van der Waals surface area contributed by atoms with Crippen LogP contribution < -0.4 is 15.4 Å². The molecule has 0 bridgehead atoms. The Kier molecular flexibility index (Phi) is 7.17. The third kappa shape index (κ3) is 5.70. The van der Waals surface area contributed by atoms with E-state index >= 15 is 0 Å². The second-order valence-electron chi connectivity index (χ2n) is 7.91. The van der Waals surface area contributed by atoms with Crippen molar-refractivity contribution < 1.29 is 14.3 Å². The van der Waals surface area contributed by atoms with E-state index in [1.807, 2.05) is 32.9 Å². The summed E-state index contributed by atoms with van der Waals surface area (Å²) in [7, 11) is 0. The smallest absolute Gasteiger partial charge is 0.276 e. The fourth-order valence-electron chi connectivity index (χ4n) is 3.53. The van der Waals surface area contributed by atoms with Gasteiger partial charge in [0, 0.05) is 35.3 Å². The molecule has 0 aliphatic carbocycles. The molecule has 2 amide bonds. The number of aryl methyl sites for hydroxylation is 3. The molecule has 0 unspecified atom stereocenters. The van der Waals surface area contributed by atoms with Crippen LogP contribution in [0.4, 0.5) is 11.4 Å². The Balaban J connectivity index is 1.37. The van der Waals surface area contributed by atoms with Crippen molar-refractivity contribution >= 4 is 34.8 Å². The molecule has 4 aromatic rings. The SMILES string of the molecule is CCn1nccc1C(=O)Nc1cccc(NC(=O)c2ccn(COc3cc(C)c(Cl)c(C)c3)n2)c1. The Morgan fingerprint density at radius 2 is 1.69 bits per heavy atom. The molecule has 9 nitrogen and oxygen atoms in total. The molecule has 2 aromatic heterocycles. The maximum Gasteiger partial charge on any atom is 0.276 e. The average Bonchev–Trinajstić information content (AvgIpc) is 3.51. The highest BCUT2D eigenvalue weighted by Gasteiger charge is 2.13. The molecular formula is C25H25ClN6O3. The summed E-state index contributed by atoms with van der Waals surface area (Å²) in [6.07, 6.45) is 3.24. The van der Waals surface area contributed by atoms with Gasteiger partial charge < -0.3 is 15.4 Å². The molecule has 2 heterocycles. The number of hydrogen-bond acceptors (Lipinski definition) is 5. The third-order valence-electron chi connectivity index (χ3n) is 5.27. The normalized spacial score (nSPS) is 10.7. The highest BCUT2D eigenvalue weighted by atomic mass is 35.5. The van der Waals surface area contributed by atoms with Crippen LogP contribution >= 0.6 is 11.6 Å². The molecule has 0 radical (unpaired) electrons. The van der Waals surface area contributed by atoms with Crippen LogP contribution in [0.2, 0.25) is 5.02 Å². The number of aromatic nitrogens is 4. The van der Waals surface area contributed by atoms with Crippen molar-refractivity contribution in [2.24, 2.45) is 0 Å². The zero-order valence-electron chi connectivity index (χ0n) is 19.6. The average molecular weight is 493 g/mol. The van der Waals surface area contributed by atoms with E-state index in [4.69, 9.17) is 16.3 Å². The minimum atomic E-state index is -0.380. The van der Waals surface area contributed by atoms with Crippen LogP contribution in [0.1, 0.15) is 39.0 Å². The summed E-state index contributed by atoms with van der Waals surface area (Å²) in [6, 6.07) is 13.9. The Hall–Kier alpha value is -4.11. The minimum absolute atomic E-state index is 0.143. The topological polar surface area (TPSA) is 103 Å². The summed E-state index contributed by atoms with van der Waals surface area (Å²) in [4.78, 5) is 25.2. The fraction of sp³-hybridized carbons (Fsp3) is 0.200. The van der Waals surface area contributed by atoms with Crippen LogP contribution in [0, 0.1) is 13.8 Å². The zero-order chi connectivity index (χ0) is 24.9. The highest BCUT2D eigenvalue weighted by Crippen LogP contribution is 2.26.